The number of ether oxygens (including phenoxy) is 10. The molecule has 10 atom stereocenters. The van der Waals surface area contributed by atoms with Crippen LogP contribution in [0.4, 0.5) is 0 Å². The SMILES string of the molecule is CC(=O)OC[C@H]1O[C@@H](O[C@H]2[C@H](OC(C)=O)[C@@H](COC(C)=O)OC(O)[C@@H]2OC(C)=O)[C@H](OC(C)=O)[C@@H](OC(C)=O)[C@@H]1OC(C)=O. The topological polar surface area (TPSA) is 232 Å². The van der Waals surface area contributed by atoms with Crippen molar-refractivity contribution in [2.75, 3.05) is 13.2 Å². The highest BCUT2D eigenvalue weighted by Gasteiger charge is 2.57. The third-order valence-corrected chi connectivity index (χ3v) is 5.90. The van der Waals surface area contributed by atoms with Gasteiger partial charge in [0.05, 0.1) is 0 Å². The smallest absolute Gasteiger partial charge is 0.303 e. The predicted molar refractivity (Wildman–Crippen MR) is 135 cm³/mol. The minimum Gasteiger partial charge on any atom is -0.463 e. The monoisotopic (exact) mass is 636 g/mol. The number of rotatable bonds is 11. The van der Waals surface area contributed by atoms with Gasteiger partial charge in [-0.2, -0.15) is 0 Å². The fourth-order valence-corrected chi connectivity index (χ4v) is 4.49. The van der Waals surface area contributed by atoms with Gasteiger partial charge in [0.2, 0.25) is 0 Å². The van der Waals surface area contributed by atoms with Crippen molar-refractivity contribution < 1.29 is 86.0 Å². The molecule has 2 heterocycles. The molecule has 0 aliphatic carbocycles. The van der Waals surface area contributed by atoms with E-state index in [0.29, 0.717) is 0 Å². The summed E-state index contributed by atoms with van der Waals surface area (Å²) in [6.07, 6.45) is -16.4. The minimum atomic E-state index is -1.94. The van der Waals surface area contributed by atoms with Crippen LogP contribution >= 0.6 is 0 Å². The summed E-state index contributed by atoms with van der Waals surface area (Å²) in [5.74, 6) is -6.03. The summed E-state index contributed by atoms with van der Waals surface area (Å²) in [6, 6.07) is 0. The second-order valence-corrected chi connectivity index (χ2v) is 9.68. The average Bonchev–Trinajstić information content (AvgIpc) is 2.87. The van der Waals surface area contributed by atoms with Crippen LogP contribution in [0.25, 0.3) is 0 Å². The zero-order valence-corrected chi connectivity index (χ0v) is 25.1. The van der Waals surface area contributed by atoms with Crippen LogP contribution < -0.4 is 0 Å². The molecule has 0 saturated carbocycles. The standard InChI is InChI=1S/C26H36O18/c1-10(27)35-8-17-19(37-12(3)29)21(23(25(34)42-17)40-15(6)32)44-26-24(41-16(7)33)22(39-14(5)31)20(38-13(4)30)18(43-26)9-36-11(2)28/h17-26,34H,8-9H2,1-7H3/t17-,18-,19-,20-,21+,22+,23-,24-,25?,26+/m1/s1. The summed E-state index contributed by atoms with van der Waals surface area (Å²) in [6.45, 7) is 6.13. The molecular formula is C26H36O18. The first-order valence-corrected chi connectivity index (χ1v) is 13.3. The van der Waals surface area contributed by atoms with Gasteiger partial charge in [0, 0.05) is 48.5 Å². The summed E-state index contributed by atoms with van der Waals surface area (Å²) in [5, 5.41) is 10.8. The number of esters is 7. The normalized spacial score (nSPS) is 31.5. The molecule has 0 radical (unpaired) electrons. The predicted octanol–water partition coefficient (Wildman–Crippen LogP) is -1.40. The van der Waals surface area contributed by atoms with E-state index in [2.05, 4.69) is 0 Å². The molecular weight excluding hydrogens is 600 g/mol. The summed E-state index contributed by atoms with van der Waals surface area (Å²) >= 11 is 0. The minimum absolute atomic E-state index is 0.560. The Morgan fingerprint density at radius 3 is 1.27 bits per heavy atom. The zero-order valence-electron chi connectivity index (χ0n) is 25.1. The summed E-state index contributed by atoms with van der Waals surface area (Å²) in [7, 11) is 0. The highest BCUT2D eigenvalue weighted by molar-refractivity contribution is 5.69. The summed E-state index contributed by atoms with van der Waals surface area (Å²) < 4.78 is 54.0. The van der Waals surface area contributed by atoms with Gasteiger partial charge in [0.25, 0.3) is 0 Å². The molecule has 0 aromatic rings. The first kappa shape index (κ1) is 36.3. The van der Waals surface area contributed by atoms with Crippen molar-refractivity contribution in [3.05, 3.63) is 0 Å². The molecule has 18 nitrogen and oxygen atoms in total. The molecule has 2 rings (SSSR count). The Morgan fingerprint density at radius 1 is 0.477 bits per heavy atom. The second kappa shape index (κ2) is 16.3. The van der Waals surface area contributed by atoms with E-state index in [0.717, 1.165) is 48.5 Å². The molecule has 18 heteroatoms. The summed E-state index contributed by atoms with van der Waals surface area (Å²) in [4.78, 5) is 83.5. The van der Waals surface area contributed by atoms with Crippen molar-refractivity contribution in [3.8, 4) is 0 Å². The lowest BCUT2D eigenvalue weighted by atomic mass is 9.96. The maximum atomic E-state index is 12.2. The van der Waals surface area contributed by atoms with E-state index in [4.69, 9.17) is 47.4 Å². The maximum absolute atomic E-state index is 12.2. The van der Waals surface area contributed by atoms with Crippen LogP contribution in [-0.4, -0.2) is 122 Å². The van der Waals surface area contributed by atoms with Crippen LogP contribution in [0, 0.1) is 0 Å². The molecule has 2 aliphatic rings. The Balaban J connectivity index is 2.66. The van der Waals surface area contributed by atoms with E-state index in [-0.39, 0.29) is 0 Å². The Hall–Kier alpha value is -3.87. The van der Waals surface area contributed by atoms with Crippen molar-refractivity contribution in [2.24, 2.45) is 0 Å². The highest BCUT2D eigenvalue weighted by Crippen LogP contribution is 2.35. The molecule has 44 heavy (non-hydrogen) atoms. The second-order valence-electron chi connectivity index (χ2n) is 9.68. The lowest BCUT2D eigenvalue weighted by molar-refractivity contribution is -0.357. The van der Waals surface area contributed by atoms with Crippen molar-refractivity contribution >= 4 is 41.8 Å². The van der Waals surface area contributed by atoms with Gasteiger partial charge in [-0.3, -0.25) is 33.6 Å². The number of aliphatic hydroxyl groups is 1. The third-order valence-electron chi connectivity index (χ3n) is 5.90. The number of aliphatic hydroxyl groups excluding tert-OH is 1. The molecule has 0 aromatic heterocycles. The lowest BCUT2D eigenvalue weighted by Gasteiger charge is -2.48. The molecule has 0 spiro atoms. The number of carbonyl (C=O) groups is 7. The van der Waals surface area contributed by atoms with Gasteiger partial charge in [-0.15, -0.1) is 0 Å². The van der Waals surface area contributed by atoms with E-state index in [9.17, 15) is 38.7 Å². The van der Waals surface area contributed by atoms with Crippen molar-refractivity contribution in [1.29, 1.82) is 0 Å². The highest BCUT2D eigenvalue weighted by atomic mass is 16.8. The Labute approximate surface area is 251 Å². The molecule has 248 valence electrons. The van der Waals surface area contributed by atoms with Gasteiger partial charge in [-0.25, -0.2) is 0 Å². The van der Waals surface area contributed by atoms with Crippen molar-refractivity contribution in [3.63, 3.8) is 0 Å². The van der Waals surface area contributed by atoms with Crippen LogP contribution in [0.5, 0.6) is 0 Å². The van der Waals surface area contributed by atoms with Crippen molar-refractivity contribution in [1.82, 2.24) is 0 Å². The molecule has 0 aromatic carbocycles. The molecule has 0 bridgehead atoms. The van der Waals surface area contributed by atoms with E-state index < -0.39 is 116 Å². The fourth-order valence-electron chi connectivity index (χ4n) is 4.49. The number of hydrogen-bond donors (Lipinski definition) is 1. The summed E-state index contributed by atoms with van der Waals surface area (Å²) in [5.41, 5.74) is 0. The zero-order chi connectivity index (χ0) is 33.3. The molecule has 2 fully saturated rings. The average molecular weight is 637 g/mol. The van der Waals surface area contributed by atoms with E-state index in [1.807, 2.05) is 0 Å². The van der Waals surface area contributed by atoms with Crippen LogP contribution in [-0.2, 0) is 80.9 Å². The van der Waals surface area contributed by atoms with Crippen LogP contribution in [0.15, 0.2) is 0 Å². The Morgan fingerprint density at radius 2 is 0.841 bits per heavy atom. The molecule has 1 unspecified atom stereocenters. The van der Waals surface area contributed by atoms with Gasteiger partial charge >= 0.3 is 41.8 Å². The van der Waals surface area contributed by atoms with E-state index in [1.54, 1.807) is 0 Å². The Kier molecular flexibility index (Phi) is 13.4. The van der Waals surface area contributed by atoms with Crippen LogP contribution in [0.3, 0.4) is 0 Å². The number of carbonyl (C=O) groups excluding carboxylic acids is 7. The molecule has 2 saturated heterocycles. The molecule has 2 aliphatic heterocycles. The van der Waals surface area contributed by atoms with Gasteiger partial charge in [-0.1, -0.05) is 0 Å². The number of hydrogen-bond acceptors (Lipinski definition) is 18. The third kappa shape index (κ3) is 10.7. The quantitative estimate of drug-likeness (QED) is 0.203. The van der Waals surface area contributed by atoms with Crippen LogP contribution in [0.1, 0.15) is 48.5 Å². The fraction of sp³-hybridized carbons (Fsp3) is 0.731. The largest absolute Gasteiger partial charge is 0.463 e. The van der Waals surface area contributed by atoms with Crippen LogP contribution in [0.2, 0.25) is 0 Å². The van der Waals surface area contributed by atoms with Gasteiger partial charge in [-0.05, 0) is 0 Å². The van der Waals surface area contributed by atoms with E-state index in [1.165, 1.54) is 0 Å². The van der Waals surface area contributed by atoms with Gasteiger partial charge < -0.3 is 52.5 Å². The lowest BCUT2D eigenvalue weighted by Crippen LogP contribution is -2.67. The first-order valence-electron chi connectivity index (χ1n) is 13.3. The first-order chi connectivity index (χ1) is 20.5. The Bertz CT molecular complexity index is 1090. The van der Waals surface area contributed by atoms with Crippen molar-refractivity contribution in [2.45, 2.75) is 110 Å². The molecule has 1 N–H and O–H groups in total. The molecule has 0 amide bonds. The van der Waals surface area contributed by atoms with Gasteiger partial charge in [0.15, 0.2) is 43.1 Å². The van der Waals surface area contributed by atoms with Gasteiger partial charge in [0.1, 0.15) is 31.5 Å². The van der Waals surface area contributed by atoms with E-state index >= 15 is 0 Å². The maximum Gasteiger partial charge on any atom is 0.303 e.